The molecule has 0 amide bonds. The van der Waals surface area contributed by atoms with E-state index in [1.54, 1.807) is 0 Å². The molecule has 2 heteroatoms. The molecule has 0 aromatic heterocycles. The zero-order valence-electron chi connectivity index (χ0n) is 9.63. The van der Waals surface area contributed by atoms with E-state index in [9.17, 15) is 0 Å². The Morgan fingerprint density at radius 3 is 2.50 bits per heavy atom. The second-order valence-corrected chi connectivity index (χ2v) is 5.03. The molecule has 0 radical (unpaired) electrons. The van der Waals surface area contributed by atoms with Crippen LogP contribution in [0.5, 0.6) is 0 Å². The third kappa shape index (κ3) is 1.96. The molecule has 0 bridgehead atoms. The predicted octanol–water partition coefficient (Wildman–Crippen LogP) is 1.86. The van der Waals surface area contributed by atoms with Gasteiger partial charge in [-0.25, -0.2) is 0 Å². The average molecular weight is 196 g/mol. The summed E-state index contributed by atoms with van der Waals surface area (Å²) in [6.45, 7) is 8.50. The van der Waals surface area contributed by atoms with Crippen molar-refractivity contribution in [3.8, 4) is 0 Å². The van der Waals surface area contributed by atoms with Crippen LogP contribution in [0.15, 0.2) is 0 Å². The molecule has 14 heavy (non-hydrogen) atoms. The molecule has 2 rings (SSSR count). The molecule has 1 N–H and O–H groups in total. The summed E-state index contributed by atoms with van der Waals surface area (Å²) < 4.78 is 0. The monoisotopic (exact) mass is 196 g/mol. The van der Waals surface area contributed by atoms with Crippen molar-refractivity contribution in [2.45, 2.75) is 51.6 Å². The molecule has 2 atom stereocenters. The standard InChI is InChI=1S/C12H24N2/c1-3-7-14(11-8-13-9-11)12-6-4-5-10(12)2/h10-13H,3-9H2,1-2H3. The normalized spacial score (nSPS) is 33.6. The van der Waals surface area contributed by atoms with Crippen molar-refractivity contribution in [3.05, 3.63) is 0 Å². The van der Waals surface area contributed by atoms with Crippen LogP contribution in [0.2, 0.25) is 0 Å². The third-order valence-electron chi connectivity index (χ3n) is 3.95. The van der Waals surface area contributed by atoms with Crippen LogP contribution in [0.1, 0.15) is 39.5 Å². The van der Waals surface area contributed by atoms with Crippen molar-refractivity contribution in [2.75, 3.05) is 19.6 Å². The van der Waals surface area contributed by atoms with Crippen molar-refractivity contribution in [2.24, 2.45) is 5.92 Å². The van der Waals surface area contributed by atoms with E-state index >= 15 is 0 Å². The van der Waals surface area contributed by atoms with Crippen molar-refractivity contribution >= 4 is 0 Å². The minimum absolute atomic E-state index is 0.848. The van der Waals surface area contributed by atoms with Gasteiger partial charge < -0.3 is 5.32 Å². The number of nitrogens with one attached hydrogen (secondary N) is 1. The summed E-state index contributed by atoms with van der Waals surface area (Å²) in [6.07, 6.45) is 5.65. The van der Waals surface area contributed by atoms with Crippen LogP contribution in [0.4, 0.5) is 0 Å². The fraction of sp³-hybridized carbons (Fsp3) is 1.00. The number of nitrogens with zero attached hydrogens (tertiary/aromatic N) is 1. The van der Waals surface area contributed by atoms with Gasteiger partial charge in [0.25, 0.3) is 0 Å². The topological polar surface area (TPSA) is 15.3 Å². The van der Waals surface area contributed by atoms with E-state index in [2.05, 4.69) is 24.1 Å². The SMILES string of the molecule is CCCN(C1CNC1)C1CCCC1C. The smallest absolute Gasteiger partial charge is 0.0348 e. The van der Waals surface area contributed by atoms with Crippen LogP contribution in [-0.2, 0) is 0 Å². The van der Waals surface area contributed by atoms with E-state index in [0.717, 1.165) is 18.0 Å². The van der Waals surface area contributed by atoms with Crippen molar-refractivity contribution in [1.82, 2.24) is 10.2 Å². The third-order valence-corrected chi connectivity index (χ3v) is 3.95. The van der Waals surface area contributed by atoms with Gasteiger partial charge in [0.15, 0.2) is 0 Å². The summed E-state index contributed by atoms with van der Waals surface area (Å²) in [7, 11) is 0. The summed E-state index contributed by atoms with van der Waals surface area (Å²) in [5.74, 6) is 0.933. The Morgan fingerprint density at radius 1 is 1.29 bits per heavy atom. The van der Waals surface area contributed by atoms with Crippen LogP contribution in [0.25, 0.3) is 0 Å². The van der Waals surface area contributed by atoms with Gasteiger partial charge >= 0.3 is 0 Å². The van der Waals surface area contributed by atoms with E-state index in [1.807, 2.05) is 0 Å². The lowest BCUT2D eigenvalue weighted by Gasteiger charge is -2.43. The quantitative estimate of drug-likeness (QED) is 0.738. The van der Waals surface area contributed by atoms with Crippen LogP contribution < -0.4 is 5.32 Å². The summed E-state index contributed by atoms with van der Waals surface area (Å²) in [5.41, 5.74) is 0. The highest BCUT2D eigenvalue weighted by atomic mass is 15.3. The maximum absolute atomic E-state index is 3.40. The van der Waals surface area contributed by atoms with E-state index in [0.29, 0.717) is 0 Å². The Kier molecular flexibility index (Phi) is 3.45. The molecule has 2 fully saturated rings. The van der Waals surface area contributed by atoms with Crippen LogP contribution >= 0.6 is 0 Å². The molecule has 1 aliphatic carbocycles. The molecule has 0 spiro atoms. The fourth-order valence-electron chi connectivity index (χ4n) is 3.00. The molecule has 1 aliphatic heterocycles. The molecule has 1 saturated carbocycles. The first kappa shape index (κ1) is 10.4. The fourth-order valence-corrected chi connectivity index (χ4v) is 3.00. The Balaban J connectivity index is 1.93. The van der Waals surface area contributed by atoms with E-state index in [4.69, 9.17) is 0 Å². The van der Waals surface area contributed by atoms with Gasteiger partial charge in [-0.15, -0.1) is 0 Å². The van der Waals surface area contributed by atoms with Gasteiger partial charge in [0.1, 0.15) is 0 Å². The summed E-state index contributed by atoms with van der Waals surface area (Å²) in [4.78, 5) is 2.79. The summed E-state index contributed by atoms with van der Waals surface area (Å²) >= 11 is 0. The minimum Gasteiger partial charge on any atom is -0.314 e. The molecule has 2 aliphatic rings. The van der Waals surface area contributed by atoms with E-state index < -0.39 is 0 Å². The summed E-state index contributed by atoms with van der Waals surface area (Å²) in [6, 6.07) is 1.74. The number of hydrogen-bond acceptors (Lipinski definition) is 2. The lowest BCUT2D eigenvalue weighted by molar-refractivity contribution is 0.0777. The Morgan fingerprint density at radius 2 is 2.07 bits per heavy atom. The van der Waals surface area contributed by atoms with E-state index in [-0.39, 0.29) is 0 Å². The Labute approximate surface area is 88.1 Å². The molecule has 1 heterocycles. The van der Waals surface area contributed by atoms with Gasteiger partial charge in [0.2, 0.25) is 0 Å². The molecular weight excluding hydrogens is 172 g/mol. The van der Waals surface area contributed by atoms with Crippen molar-refractivity contribution in [1.29, 1.82) is 0 Å². The summed E-state index contributed by atoms with van der Waals surface area (Å²) in [5, 5.41) is 3.40. The zero-order valence-corrected chi connectivity index (χ0v) is 9.63. The largest absolute Gasteiger partial charge is 0.314 e. The van der Waals surface area contributed by atoms with Crippen LogP contribution in [0.3, 0.4) is 0 Å². The molecule has 1 saturated heterocycles. The minimum atomic E-state index is 0.848. The molecule has 82 valence electrons. The second kappa shape index (κ2) is 4.63. The maximum atomic E-state index is 3.40. The molecular formula is C12H24N2. The Hall–Kier alpha value is -0.0800. The molecule has 2 nitrogen and oxygen atoms in total. The Bertz CT molecular complexity index is 177. The van der Waals surface area contributed by atoms with E-state index in [1.165, 1.54) is 45.3 Å². The molecule has 0 aromatic carbocycles. The number of hydrogen-bond donors (Lipinski definition) is 1. The van der Waals surface area contributed by atoms with Crippen molar-refractivity contribution < 1.29 is 0 Å². The average Bonchev–Trinajstić information content (AvgIpc) is 2.47. The number of rotatable bonds is 4. The van der Waals surface area contributed by atoms with Gasteiger partial charge in [-0.05, 0) is 31.7 Å². The predicted molar refractivity (Wildman–Crippen MR) is 60.5 cm³/mol. The zero-order chi connectivity index (χ0) is 9.97. The highest BCUT2D eigenvalue weighted by Gasteiger charge is 2.34. The molecule has 0 aromatic rings. The first-order valence-electron chi connectivity index (χ1n) is 6.29. The lowest BCUT2D eigenvalue weighted by Crippen LogP contribution is -2.60. The first-order chi connectivity index (χ1) is 6.83. The van der Waals surface area contributed by atoms with Gasteiger partial charge in [-0.1, -0.05) is 20.3 Å². The van der Waals surface area contributed by atoms with Gasteiger partial charge in [0.05, 0.1) is 0 Å². The van der Waals surface area contributed by atoms with Gasteiger partial charge in [0, 0.05) is 25.2 Å². The highest BCUT2D eigenvalue weighted by Crippen LogP contribution is 2.31. The lowest BCUT2D eigenvalue weighted by atomic mass is 10.00. The van der Waals surface area contributed by atoms with Gasteiger partial charge in [-0.2, -0.15) is 0 Å². The molecule has 2 unspecified atom stereocenters. The maximum Gasteiger partial charge on any atom is 0.0348 e. The second-order valence-electron chi connectivity index (χ2n) is 5.03. The van der Waals surface area contributed by atoms with Crippen LogP contribution in [0, 0.1) is 5.92 Å². The van der Waals surface area contributed by atoms with Gasteiger partial charge in [-0.3, -0.25) is 4.90 Å². The first-order valence-corrected chi connectivity index (χ1v) is 6.29. The van der Waals surface area contributed by atoms with Crippen molar-refractivity contribution in [3.63, 3.8) is 0 Å². The highest BCUT2D eigenvalue weighted by molar-refractivity contribution is 4.92. The van der Waals surface area contributed by atoms with Crippen LogP contribution in [-0.4, -0.2) is 36.6 Å².